The summed E-state index contributed by atoms with van der Waals surface area (Å²) in [5, 5.41) is 9.66. The lowest BCUT2D eigenvalue weighted by atomic mass is 10.2. The molecule has 2 N–H and O–H groups in total. The van der Waals surface area contributed by atoms with Crippen molar-refractivity contribution < 1.29 is 9.90 Å². The van der Waals surface area contributed by atoms with Gasteiger partial charge in [-0.05, 0) is 48.9 Å². The van der Waals surface area contributed by atoms with E-state index in [1.807, 2.05) is 19.1 Å². The van der Waals surface area contributed by atoms with E-state index in [1.54, 1.807) is 24.3 Å². The van der Waals surface area contributed by atoms with Gasteiger partial charge in [0.15, 0.2) is 5.16 Å². The van der Waals surface area contributed by atoms with Crippen molar-refractivity contribution in [1.29, 1.82) is 0 Å². The summed E-state index contributed by atoms with van der Waals surface area (Å²) in [5.74, 6) is -0.916. The predicted molar refractivity (Wildman–Crippen MR) is 78.4 cm³/mol. The predicted octanol–water partition coefficient (Wildman–Crippen LogP) is 3.72. The van der Waals surface area contributed by atoms with Crippen molar-refractivity contribution in [2.75, 3.05) is 0 Å². The summed E-state index contributed by atoms with van der Waals surface area (Å²) in [5.41, 5.74) is 3.41. The summed E-state index contributed by atoms with van der Waals surface area (Å²) in [7, 11) is 0. The Hall–Kier alpha value is -2.27. The van der Waals surface area contributed by atoms with Crippen LogP contribution in [0.3, 0.4) is 0 Å². The highest BCUT2D eigenvalue weighted by Crippen LogP contribution is 2.27. The molecule has 0 saturated heterocycles. The number of fused-ring (bicyclic) bond motifs is 1. The average molecular weight is 284 g/mol. The quantitative estimate of drug-likeness (QED) is 0.769. The molecule has 20 heavy (non-hydrogen) atoms. The molecule has 3 aromatic rings. The van der Waals surface area contributed by atoms with E-state index in [-0.39, 0.29) is 5.56 Å². The Kier molecular flexibility index (Phi) is 3.20. The maximum atomic E-state index is 10.8. The Labute approximate surface area is 119 Å². The number of aryl methyl sites for hydroxylation is 1. The zero-order valence-electron chi connectivity index (χ0n) is 10.8. The molecule has 5 heteroatoms. The molecule has 0 atom stereocenters. The van der Waals surface area contributed by atoms with Crippen LogP contribution in [0.15, 0.2) is 52.5 Å². The van der Waals surface area contributed by atoms with Crippen LogP contribution in [-0.4, -0.2) is 21.0 Å². The first-order valence-electron chi connectivity index (χ1n) is 6.09. The first-order chi connectivity index (χ1) is 9.61. The van der Waals surface area contributed by atoms with E-state index in [0.29, 0.717) is 0 Å². The number of carbonyl (C=O) groups is 1. The second kappa shape index (κ2) is 5.02. The topological polar surface area (TPSA) is 66.0 Å². The number of hydrogen-bond acceptors (Lipinski definition) is 3. The first kappa shape index (κ1) is 12.7. The molecule has 100 valence electrons. The van der Waals surface area contributed by atoms with Crippen molar-refractivity contribution in [3.05, 3.63) is 53.6 Å². The number of aromatic amines is 1. The van der Waals surface area contributed by atoms with Crippen LogP contribution < -0.4 is 0 Å². The normalized spacial score (nSPS) is 10.8. The molecule has 0 fully saturated rings. The lowest BCUT2D eigenvalue weighted by Gasteiger charge is -1.98. The van der Waals surface area contributed by atoms with Gasteiger partial charge in [0, 0.05) is 4.90 Å². The molecular weight excluding hydrogens is 272 g/mol. The fourth-order valence-corrected chi connectivity index (χ4v) is 2.73. The zero-order chi connectivity index (χ0) is 14.1. The number of H-pyrrole nitrogens is 1. The second-order valence-corrected chi connectivity index (χ2v) is 5.56. The third-order valence-electron chi connectivity index (χ3n) is 2.93. The standard InChI is InChI=1S/C15H12N2O2S/c1-9-2-7-12-13(8-9)17-15(16-12)20-11-5-3-10(4-6-11)14(18)19/h2-8H,1H3,(H,16,17)(H,18,19). The number of imidazole rings is 1. The monoisotopic (exact) mass is 284 g/mol. The molecule has 2 aromatic carbocycles. The molecule has 1 heterocycles. The molecule has 1 aromatic heterocycles. The SMILES string of the molecule is Cc1ccc2nc(Sc3ccc(C(=O)O)cc3)[nH]c2c1. The largest absolute Gasteiger partial charge is 0.478 e. The highest BCUT2D eigenvalue weighted by Gasteiger charge is 2.06. The second-order valence-electron chi connectivity index (χ2n) is 4.49. The number of aromatic carboxylic acids is 1. The van der Waals surface area contributed by atoms with Crippen molar-refractivity contribution >= 4 is 28.8 Å². The van der Waals surface area contributed by atoms with Gasteiger partial charge in [0.1, 0.15) is 0 Å². The van der Waals surface area contributed by atoms with Gasteiger partial charge in [-0.25, -0.2) is 9.78 Å². The van der Waals surface area contributed by atoms with Gasteiger partial charge in [-0.2, -0.15) is 0 Å². The maximum absolute atomic E-state index is 10.8. The zero-order valence-corrected chi connectivity index (χ0v) is 11.6. The number of carboxylic acids is 1. The fraction of sp³-hybridized carbons (Fsp3) is 0.0667. The number of carboxylic acid groups (broad SMARTS) is 1. The summed E-state index contributed by atoms with van der Waals surface area (Å²) >= 11 is 1.48. The number of nitrogens with one attached hydrogen (secondary N) is 1. The van der Waals surface area contributed by atoms with Crippen molar-refractivity contribution in [3.8, 4) is 0 Å². The fourth-order valence-electron chi connectivity index (χ4n) is 1.93. The Balaban J connectivity index is 1.87. The Morgan fingerprint density at radius 1 is 1.20 bits per heavy atom. The Bertz CT molecular complexity index is 778. The van der Waals surface area contributed by atoms with Crippen molar-refractivity contribution in [3.63, 3.8) is 0 Å². The minimum absolute atomic E-state index is 0.287. The van der Waals surface area contributed by atoms with E-state index in [1.165, 1.54) is 17.3 Å². The van der Waals surface area contributed by atoms with Crippen LogP contribution in [0.5, 0.6) is 0 Å². The summed E-state index contributed by atoms with van der Waals surface area (Å²) in [6.45, 7) is 2.04. The van der Waals surface area contributed by atoms with Gasteiger partial charge in [0.2, 0.25) is 0 Å². The molecule has 0 spiro atoms. The highest BCUT2D eigenvalue weighted by atomic mass is 32.2. The maximum Gasteiger partial charge on any atom is 0.335 e. The number of aromatic nitrogens is 2. The molecule has 0 radical (unpaired) electrons. The highest BCUT2D eigenvalue weighted by molar-refractivity contribution is 7.99. The van der Waals surface area contributed by atoms with E-state index in [2.05, 4.69) is 16.0 Å². The molecule has 0 aliphatic carbocycles. The van der Waals surface area contributed by atoms with Crippen LogP contribution in [0, 0.1) is 6.92 Å². The molecule has 0 bridgehead atoms. The smallest absolute Gasteiger partial charge is 0.335 e. The Morgan fingerprint density at radius 3 is 2.65 bits per heavy atom. The molecular formula is C15H12N2O2S. The van der Waals surface area contributed by atoms with Crippen molar-refractivity contribution in [2.45, 2.75) is 17.0 Å². The summed E-state index contributed by atoms with van der Waals surface area (Å²) < 4.78 is 0. The van der Waals surface area contributed by atoms with E-state index in [9.17, 15) is 4.79 Å². The van der Waals surface area contributed by atoms with Crippen LogP contribution >= 0.6 is 11.8 Å². The third kappa shape index (κ3) is 2.53. The molecule has 0 unspecified atom stereocenters. The van der Waals surface area contributed by atoms with E-state index in [4.69, 9.17) is 5.11 Å². The van der Waals surface area contributed by atoms with Crippen LogP contribution in [0.1, 0.15) is 15.9 Å². The van der Waals surface area contributed by atoms with Gasteiger partial charge in [-0.1, -0.05) is 17.8 Å². The average Bonchev–Trinajstić information content (AvgIpc) is 2.80. The van der Waals surface area contributed by atoms with Crippen LogP contribution in [0.25, 0.3) is 11.0 Å². The molecule has 0 amide bonds. The summed E-state index contributed by atoms with van der Waals surface area (Å²) in [6, 6.07) is 12.8. The van der Waals surface area contributed by atoms with Crippen LogP contribution in [0.4, 0.5) is 0 Å². The summed E-state index contributed by atoms with van der Waals surface area (Å²) in [4.78, 5) is 19.5. The molecule has 0 aliphatic rings. The van der Waals surface area contributed by atoms with Crippen molar-refractivity contribution in [1.82, 2.24) is 9.97 Å². The lowest BCUT2D eigenvalue weighted by molar-refractivity contribution is 0.0697. The van der Waals surface area contributed by atoms with Gasteiger partial charge in [0.25, 0.3) is 0 Å². The van der Waals surface area contributed by atoms with Gasteiger partial charge < -0.3 is 10.1 Å². The minimum atomic E-state index is -0.916. The molecule has 0 saturated carbocycles. The van der Waals surface area contributed by atoms with E-state index in [0.717, 1.165) is 21.1 Å². The number of hydrogen-bond donors (Lipinski definition) is 2. The molecule has 3 rings (SSSR count). The molecule has 4 nitrogen and oxygen atoms in total. The van der Waals surface area contributed by atoms with Gasteiger partial charge >= 0.3 is 5.97 Å². The van der Waals surface area contributed by atoms with Gasteiger partial charge in [-0.3, -0.25) is 0 Å². The lowest BCUT2D eigenvalue weighted by Crippen LogP contribution is -1.94. The van der Waals surface area contributed by atoms with Crippen LogP contribution in [0.2, 0.25) is 0 Å². The Morgan fingerprint density at radius 2 is 1.95 bits per heavy atom. The minimum Gasteiger partial charge on any atom is -0.478 e. The van der Waals surface area contributed by atoms with E-state index < -0.39 is 5.97 Å². The van der Waals surface area contributed by atoms with E-state index >= 15 is 0 Å². The van der Waals surface area contributed by atoms with Gasteiger partial charge in [0.05, 0.1) is 16.6 Å². The molecule has 0 aliphatic heterocycles. The summed E-state index contributed by atoms with van der Waals surface area (Å²) in [6.07, 6.45) is 0. The number of benzene rings is 2. The van der Waals surface area contributed by atoms with Crippen LogP contribution in [-0.2, 0) is 0 Å². The van der Waals surface area contributed by atoms with Crippen molar-refractivity contribution in [2.24, 2.45) is 0 Å². The number of rotatable bonds is 3. The third-order valence-corrected chi connectivity index (χ3v) is 3.83. The first-order valence-corrected chi connectivity index (χ1v) is 6.91. The number of nitrogens with zero attached hydrogens (tertiary/aromatic N) is 1. The van der Waals surface area contributed by atoms with Gasteiger partial charge in [-0.15, -0.1) is 0 Å².